The Balaban J connectivity index is 1.35. The molecule has 11 heteroatoms. The average molecular weight is 513 g/mol. The Morgan fingerprint density at radius 2 is 1.73 bits per heavy atom. The van der Waals surface area contributed by atoms with Gasteiger partial charge in [0, 0.05) is 41.9 Å². The Kier molecular flexibility index (Phi) is 5.41. The normalized spacial score (nSPS) is 15.8. The molecule has 1 aliphatic carbocycles. The van der Waals surface area contributed by atoms with Crippen LogP contribution in [0, 0.1) is 11.7 Å². The van der Waals surface area contributed by atoms with Crippen LogP contribution in [-0.4, -0.2) is 39.4 Å². The van der Waals surface area contributed by atoms with Crippen LogP contribution in [0.2, 0.25) is 0 Å². The van der Waals surface area contributed by atoms with Crippen molar-refractivity contribution in [2.45, 2.75) is 25.6 Å². The number of hydrogen-bond donors (Lipinski definition) is 1. The van der Waals surface area contributed by atoms with E-state index in [4.69, 9.17) is 14.2 Å². The lowest BCUT2D eigenvalue weighted by Gasteiger charge is -2.36. The molecule has 7 nitrogen and oxygen atoms in total. The molecule has 37 heavy (non-hydrogen) atoms. The first-order chi connectivity index (χ1) is 17.7. The molecule has 0 amide bonds. The number of aryl methyl sites for hydroxylation is 1. The summed E-state index contributed by atoms with van der Waals surface area (Å²) in [5.74, 6) is -2.56. The lowest BCUT2D eigenvalue weighted by atomic mass is 9.86. The largest absolute Gasteiger partial charge is 0.481 e. The van der Waals surface area contributed by atoms with Gasteiger partial charge >= 0.3 is 12.1 Å². The Bertz CT molecular complexity index is 1500. The summed E-state index contributed by atoms with van der Waals surface area (Å²) in [7, 11) is 0. The highest BCUT2D eigenvalue weighted by Crippen LogP contribution is 2.47. The van der Waals surface area contributed by atoms with Gasteiger partial charge in [0.2, 0.25) is 11.5 Å². The standard InChI is InChI=1S/C26H19F4N3O4/c27-19-9-18-14(8-15(19)10-33-11-16(12-33)25(34)35)6-7-17-22(18)32-36-23(17)24-20(26(28,29)30)21(31-37-24)13-4-2-1-3-5-13/h1-5,8-9,16H,6-7,10-12H2,(H,34,35). The molecule has 1 N–H and O–H groups in total. The fraction of sp³-hybridized carbons (Fsp3) is 0.269. The summed E-state index contributed by atoms with van der Waals surface area (Å²) in [4.78, 5) is 12.9. The molecule has 2 aliphatic rings. The summed E-state index contributed by atoms with van der Waals surface area (Å²) in [5, 5.41) is 16.7. The van der Waals surface area contributed by atoms with E-state index in [0.717, 1.165) is 5.56 Å². The van der Waals surface area contributed by atoms with E-state index >= 15 is 4.39 Å². The SMILES string of the molecule is O=C(O)C1CN(Cc2cc3c(cc2F)-c2noc(-c4onc(-c5ccccc5)c4C(F)(F)F)c2CC3)C1. The van der Waals surface area contributed by atoms with E-state index in [2.05, 4.69) is 10.3 Å². The lowest BCUT2D eigenvalue weighted by molar-refractivity contribution is -0.147. The number of nitrogens with zero attached hydrogens (tertiary/aromatic N) is 3. The summed E-state index contributed by atoms with van der Waals surface area (Å²) in [6.07, 6.45) is -4.03. The molecule has 1 fully saturated rings. The maximum atomic E-state index is 15.0. The summed E-state index contributed by atoms with van der Waals surface area (Å²) in [6.45, 7) is 0.980. The Hall–Kier alpha value is -3.99. The minimum absolute atomic E-state index is 0.174. The first-order valence-electron chi connectivity index (χ1n) is 11.6. The van der Waals surface area contributed by atoms with Crippen LogP contribution in [-0.2, 0) is 30.4 Å². The molecule has 2 aromatic carbocycles. The van der Waals surface area contributed by atoms with Crippen LogP contribution in [0.5, 0.6) is 0 Å². The number of carboxylic acid groups (broad SMARTS) is 1. The molecular formula is C26H19F4N3O4. The number of carbonyl (C=O) groups is 1. The van der Waals surface area contributed by atoms with Gasteiger partial charge in [-0.1, -0.05) is 46.7 Å². The van der Waals surface area contributed by atoms with E-state index in [-0.39, 0.29) is 29.3 Å². The second-order valence-corrected chi connectivity index (χ2v) is 9.27. The van der Waals surface area contributed by atoms with E-state index in [1.54, 1.807) is 24.3 Å². The van der Waals surface area contributed by atoms with Crippen molar-refractivity contribution >= 4 is 5.97 Å². The number of carboxylic acids is 1. The Labute approximate surface area is 207 Å². The van der Waals surface area contributed by atoms with Gasteiger partial charge in [-0.25, -0.2) is 4.39 Å². The molecule has 1 aliphatic heterocycles. The predicted molar refractivity (Wildman–Crippen MR) is 122 cm³/mol. The van der Waals surface area contributed by atoms with Crippen molar-refractivity contribution in [3.63, 3.8) is 0 Å². The fourth-order valence-electron chi connectivity index (χ4n) is 5.01. The number of aliphatic carboxylic acids is 1. The van der Waals surface area contributed by atoms with Crippen LogP contribution in [0.15, 0.2) is 51.5 Å². The molecule has 0 unspecified atom stereocenters. The fourth-order valence-corrected chi connectivity index (χ4v) is 5.01. The van der Waals surface area contributed by atoms with E-state index < -0.39 is 35.2 Å². The van der Waals surface area contributed by atoms with E-state index in [0.29, 0.717) is 42.6 Å². The summed E-state index contributed by atoms with van der Waals surface area (Å²) in [5.41, 5.74) is 1.16. The molecular weight excluding hydrogens is 494 g/mol. The van der Waals surface area contributed by atoms with Crippen LogP contribution in [0.3, 0.4) is 0 Å². The van der Waals surface area contributed by atoms with Gasteiger partial charge in [-0.05, 0) is 24.5 Å². The molecule has 3 heterocycles. The number of rotatable bonds is 5. The molecule has 0 radical (unpaired) electrons. The van der Waals surface area contributed by atoms with Gasteiger partial charge in [0.15, 0.2) is 0 Å². The zero-order valence-corrected chi connectivity index (χ0v) is 19.2. The van der Waals surface area contributed by atoms with Gasteiger partial charge in [-0.3, -0.25) is 9.69 Å². The molecule has 4 aromatic rings. The number of fused-ring (bicyclic) bond motifs is 3. The highest BCUT2D eigenvalue weighted by atomic mass is 19.4. The topological polar surface area (TPSA) is 92.6 Å². The number of alkyl halides is 3. The minimum Gasteiger partial charge on any atom is -0.481 e. The lowest BCUT2D eigenvalue weighted by Crippen LogP contribution is -2.49. The van der Waals surface area contributed by atoms with Gasteiger partial charge in [0.1, 0.15) is 22.8 Å². The molecule has 2 aromatic heterocycles. The van der Waals surface area contributed by atoms with Crippen LogP contribution in [0.25, 0.3) is 34.0 Å². The molecule has 0 saturated carbocycles. The molecule has 0 bridgehead atoms. The minimum atomic E-state index is -4.77. The van der Waals surface area contributed by atoms with Crippen molar-refractivity contribution in [2.75, 3.05) is 13.1 Å². The maximum absolute atomic E-state index is 15.0. The number of halogens is 4. The molecule has 190 valence electrons. The van der Waals surface area contributed by atoms with Crippen LogP contribution in [0.4, 0.5) is 17.6 Å². The number of benzene rings is 2. The van der Waals surface area contributed by atoms with Crippen molar-refractivity contribution < 1.29 is 36.5 Å². The van der Waals surface area contributed by atoms with Gasteiger partial charge in [0.25, 0.3) is 0 Å². The highest BCUT2D eigenvalue weighted by Gasteiger charge is 2.43. The van der Waals surface area contributed by atoms with Crippen LogP contribution >= 0.6 is 0 Å². The predicted octanol–water partition coefficient (Wildman–Crippen LogP) is 5.44. The number of aromatic nitrogens is 2. The zero-order valence-electron chi connectivity index (χ0n) is 19.2. The molecule has 1 saturated heterocycles. The first kappa shape index (κ1) is 23.4. The number of hydrogen-bond acceptors (Lipinski definition) is 6. The van der Waals surface area contributed by atoms with Gasteiger partial charge < -0.3 is 14.2 Å². The monoisotopic (exact) mass is 513 g/mol. The zero-order chi connectivity index (χ0) is 25.9. The van der Waals surface area contributed by atoms with Gasteiger partial charge in [-0.2, -0.15) is 13.2 Å². The summed E-state index contributed by atoms with van der Waals surface area (Å²) in [6, 6.07) is 10.9. The summed E-state index contributed by atoms with van der Waals surface area (Å²) >= 11 is 0. The van der Waals surface area contributed by atoms with Crippen molar-refractivity contribution in [1.82, 2.24) is 15.2 Å². The Morgan fingerprint density at radius 3 is 2.43 bits per heavy atom. The Morgan fingerprint density at radius 1 is 1.03 bits per heavy atom. The smallest absolute Gasteiger partial charge is 0.422 e. The van der Waals surface area contributed by atoms with Crippen molar-refractivity contribution in [3.05, 3.63) is 70.5 Å². The maximum Gasteiger partial charge on any atom is 0.422 e. The molecule has 6 rings (SSSR count). The third kappa shape index (κ3) is 3.99. The van der Waals surface area contributed by atoms with E-state index in [1.807, 2.05) is 4.90 Å². The van der Waals surface area contributed by atoms with Crippen LogP contribution in [0.1, 0.15) is 22.3 Å². The second kappa shape index (κ2) is 8.55. The van der Waals surface area contributed by atoms with Crippen LogP contribution < -0.4 is 0 Å². The van der Waals surface area contributed by atoms with E-state index in [1.165, 1.54) is 18.2 Å². The third-order valence-electron chi connectivity index (χ3n) is 6.89. The van der Waals surface area contributed by atoms with Crippen molar-refractivity contribution in [1.29, 1.82) is 0 Å². The highest BCUT2D eigenvalue weighted by molar-refractivity contribution is 5.79. The van der Waals surface area contributed by atoms with Crippen molar-refractivity contribution in [3.8, 4) is 34.0 Å². The second-order valence-electron chi connectivity index (χ2n) is 9.27. The summed E-state index contributed by atoms with van der Waals surface area (Å²) < 4.78 is 68.0. The molecule has 0 atom stereocenters. The average Bonchev–Trinajstić information content (AvgIpc) is 3.46. The van der Waals surface area contributed by atoms with Gasteiger partial charge in [-0.15, -0.1) is 0 Å². The first-order valence-corrected chi connectivity index (χ1v) is 11.6. The third-order valence-corrected chi connectivity index (χ3v) is 6.89. The molecule has 0 spiro atoms. The number of likely N-dealkylation sites (tertiary alicyclic amines) is 1. The quantitative estimate of drug-likeness (QED) is 0.356. The van der Waals surface area contributed by atoms with Crippen molar-refractivity contribution in [2.24, 2.45) is 5.92 Å². The van der Waals surface area contributed by atoms with E-state index in [9.17, 15) is 18.0 Å². The van der Waals surface area contributed by atoms with Gasteiger partial charge in [0.05, 0.1) is 5.92 Å².